The number of rotatable bonds is 18. The van der Waals surface area contributed by atoms with Crippen LogP contribution < -0.4 is 54.8 Å². The van der Waals surface area contributed by atoms with E-state index in [1.807, 2.05) is 0 Å². The summed E-state index contributed by atoms with van der Waals surface area (Å²) in [5.41, 5.74) is 27.4. The fourth-order valence-corrected chi connectivity index (χ4v) is 5.92. The predicted octanol–water partition coefficient (Wildman–Crippen LogP) is 0.846. The van der Waals surface area contributed by atoms with Gasteiger partial charge >= 0.3 is 0 Å². The first kappa shape index (κ1) is 38.6. The van der Waals surface area contributed by atoms with Gasteiger partial charge in [-0.3, -0.25) is 19.2 Å². The molecule has 288 valence electrons. The molecule has 6 rings (SSSR count). The largest absolute Gasteiger partial charge is 0.351 e. The van der Waals surface area contributed by atoms with Crippen molar-refractivity contribution in [3.05, 3.63) is 95.4 Å². The van der Waals surface area contributed by atoms with Gasteiger partial charge in [0.05, 0.1) is 0 Å². The molecule has 0 bridgehead atoms. The molecule has 3 aromatic carbocycles. The molecule has 0 radical (unpaired) electrons. The summed E-state index contributed by atoms with van der Waals surface area (Å²) in [6.45, 7) is 3.86. The molecule has 3 aromatic heterocycles. The number of hydrogen-bond acceptors (Lipinski definition) is 10. The first-order chi connectivity index (χ1) is 26.6. The van der Waals surface area contributed by atoms with Crippen LogP contribution in [0.1, 0.15) is 41.8 Å². The van der Waals surface area contributed by atoms with Crippen molar-refractivity contribution < 1.29 is 19.2 Å². The lowest BCUT2D eigenvalue weighted by Gasteiger charge is -2.10. The van der Waals surface area contributed by atoms with Gasteiger partial charge in [0, 0.05) is 114 Å². The molecule has 4 amide bonds. The quantitative estimate of drug-likeness (QED) is 0.0550. The van der Waals surface area contributed by atoms with E-state index >= 15 is 0 Å². The van der Waals surface area contributed by atoms with Crippen LogP contribution in [0.15, 0.2) is 72.8 Å². The van der Waals surface area contributed by atoms with Crippen molar-refractivity contribution in [2.24, 2.45) is 22.9 Å². The van der Waals surface area contributed by atoms with Gasteiger partial charge in [-0.1, -0.05) is 0 Å². The molecule has 17 nitrogen and oxygen atoms in total. The molecule has 0 saturated heterocycles. The van der Waals surface area contributed by atoms with Crippen LogP contribution in [0.5, 0.6) is 0 Å². The van der Waals surface area contributed by atoms with Crippen molar-refractivity contribution in [1.82, 2.24) is 36.2 Å². The number of nitrogens with one attached hydrogen (secondary N) is 9. The monoisotopic (exact) mass is 749 g/mol. The molecule has 2 atom stereocenters. The molecule has 3 heterocycles. The van der Waals surface area contributed by atoms with Gasteiger partial charge in [0.1, 0.15) is 17.1 Å². The van der Waals surface area contributed by atoms with Gasteiger partial charge in [-0.05, 0) is 72.8 Å². The lowest BCUT2D eigenvalue weighted by atomic mass is 10.1. The van der Waals surface area contributed by atoms with Gasteiger partial charge in [0.25, 0.3) is 23.6 Å². The molecule has 0 aliphatic carbocycles. The lowest BCUT2D eigenvalue weighted by molar-refractivity contribution is 0.0941. The van der Waals surface area contributed by atoms with Gasteiger partial charge in [0.15, 0.2) is 0 Å². The minimum Gasteiger partial charge on any atom is -0.351 e. The van der Waals surface area contributed by atoms with E-state index in [9.17, 15) is 19.2 Å². The van der Waals surface area contributed by atoms with Crippen molar-refractivity contribution >= 4 is 67.7 Å². The molecule has 0 saturated carbocycles. The van der Waals surface area contributed by atoms with Gasteiger partial charge in [-0.15, -0.1) is 0 Å². The Morgan fingerprint density at radius 2 is 0.927 bits per heavy atom. The average molecular weight is 750 g/mol. The van der Waals surface area contributed by atoms with Crippen molar-refractivity contribution in [2.75, 3.05) is 63.0 Å². The van der Waals surface area contributed by atoms with Gasteiger partial charge < -0.3 is 69.8 Å². The zero-order valence-corrected chi connectivity index (χ0v) is 30.2. The van der Waals surface area contributed by atoms with Crippen LogP contribution in [0.25, 0.3) is 32.7 Å². The Labute approximate surface area is 316 Å². The number of aromatic amines is 3. The van der Waals surface area contributed by atoms with Crippen molar-refractivity contribution in [1.29, 1.82) is 0 Å². The number of fused-ring (bicyclic) bond motifs is 3. The molecule has 0 fully saturated rings. The Morgan fingerprint density at radius 1 is 0.509 bits per heavy atom. The highest BCUT2D eigenvalue weighted by Gasteiger charge is 2.16. The molecule has 0 aliphatic rings. The van der Waals surface area contributed by atoms with E-state index < -0.39 is 0 Å². The number of carbonyl (C=O) groups excluding carboxylic acids is 4. The van der Waals surface area contributed by atoms with E-state index in [-0.39, 0.29) is 35.7 Å². The van der Waals surface area contributed by atoms with E-state index in [1.165, 1.54) is 0 Å². The van der Waals surface area contributed by atoms with E-state index in [4.69, 9.17) is 22.9 Å². The Bertz CT molecular complexity index is 2190. The third kappa shape index (κ3) is 9.92. The number of H-pyrrole nitrogens is 3. The van der Waals surface area contributed by atoms with Crippen LogP contribution in [0, 0.1) is 0 Å². The minimum absolute atomic E-state index is 0.132. The highest BCUT2D eigenvalue weighted by atomic mass is 16.2. The Hall–Kier alpha value is -6.08. The summed E-state index contributed by atoms with van der Waals surface area (Å²) < 4.78 is 0. The Kier molecular flexibility index (Phi) is 12.5. The fraction of sp³-hybridized carbons (Fsp3) is 0.263. The Balaban J connectivity index is 1.03. The van der Waals surface area contributed by atoms with Crippen LogP contribution in [-0.4, -0.2) is 103 Å². The van der Waals surface area contributed by atoms with Crippen LogP contribution in [0.3, 0.4) is 0 Å². The molecule has 17 heteroatoms. The van der Waals surface area contributed by atoms with Crippen LogP contribution in [0.4, 0.5) is 11.4 Å². The normalized spacial score (nSPS) is 12.5. The third-order valence-corrected chi connectivity index (χ3v) is 8.97. The Morgan fingerprint density at radius 3 is 1.40 bits per heavy atom. The molecular formula is C38H47N13O4. The van der Waals surface area contributed by atoms with Crippen LogP contribution >= 0.6 is 0 Å². The number of amides is 4. The third-order valence-electron chi connectivity index (χ3n) is 8.97. The van der Waals surface area contributed by atoms with Gasteiger partial charge in [-0.25, -0.2) is 0 Å². The highest BCUT2D eigenvalue weighted by molar-refractivity contribution is 6.10. The molecule has 55 heavy (non-hydrogen) atoms. The standard InChI is InChI=1S/C38H47N13O4/c39-17-25(41)19-43-7-9-45-36(53)32-15-23-12-27(2-5-30(23)49-32)47-35(52)21-1-4-29-22(11-21)14-34(51-29)38(55)48-28-3-6-31-24(13-28)16-33(50-31)37(54)46-10-8-44-20-26(42)18-40/h1-6,11-16,25-26,43-44,49-51H,7-10,17-20,39-42H2,(H,45,53)(H,46,54)(H,47,52)(H,48,55). The van der Waals surface area contributed by atoms with Gasteiger partial charge in [0.2, 0.25) is 0 Å². The highest BCUT2D eigenvalue weighted by Crippen LogP contribution is 2.24. The molecule has 6 aromatic rings. The summed E-state index contributed by atoms with van der Waals surface area (Å²) in [7, 11) is 0. The maximum atomic E-state index is 13.3. The fourth-order valence-electron chi connectivity index (χ4n) is 5.92. The molecule has 2 unspecified atom stereocenters. The van der Waals surface area contributed by atoms with E-state index in [0.29, 0.717) is 97.3 Å². The summed E-state index contributed by atoms with van der Waals surface area (Å²) in [4.78, 5) is 61.1. The summed E-state index contributed by atoms with van der Waals surface area (Å²) in [6.07, 6.45) is 0. The van der Waals surface area contributed by atoms with Gasteiger partial charge in [-0.2, -0.15) is 0 Å². The minimum atomic E-state index is -0.367. The zero-order valence-electron chi connectivity index (χ0n) is 30.2. The first-order valence-corrected chi connectivity index (χ1v) is 18.0. The number of nitrogens with two attached hydrogens (primary N) is 4. The number of anilines is 2. The molecule has 0 aliphatic heterocycles. The number of hydrogen-bond donors (Lipinski definition) is 13. The second-order valence-corrected chi connectivity index (χ2v) is 13.3. The summed E-state index contributed by atoms with van der Waals surface area (Å²) in [5, 5.41) is 20.0. The van der Waals surface area contributed by atoms with Crippen LogP contribution in [-0.2, 0) is 0 Å². The number of carbonyl (C=O) groups is 4. The maximum absolute atomic E-state index is 13.3. The number of aromatic nitrogens is 3. The average Bonchev–Trinajstić information content (AvgIpc) is 3.93. The zero-order chi connectivity index (χ0) is 38.9. The van der Waals surface area contributed by atoms with E-state index in [0.717, 1.165) is 21.8 Å². The molecule has 17 N–H and O–H groups in total. The smallest absolute Gasteiger partial charge is 0.272 e. The summed E-state index contributed by atoms with van der Waals surface area (Å²) >= 11 is 0. The predicted molar refractivity (Wildman–Crippen MR) is 215 cm³/mol. The summed E-state index contributed by atoms with van der Waals surface area (Å²) in [6, 6.07) is 20.7. The van der Waals surface area contributed by atoms with E-state index in [2.05, 4.69) is 46.9 Å². The second-order valence-electron chi connectivity index (χ2n) is 13.3. The topological polar surface area (TPSA) is 292 Å². The van der Waals surface area contributed by atoms with Crippen molar-refractivity contribution in [2.45, 2.75) is 12.1 Å². The first-order valence-electron chi connectivity index (χ1n) is 18.0. The number of benzene rings is 3. The lowest BCUT2D eigenvalue weighted by Crippen LogP contribution is -2.42. The van der Waals surface area contributed by atoms with Crippen molar-refractivity contribution in [3.8, 4) is 0 Å². The molecule has 0 spiro atoms. The second kappa shape index (κ2) is 17.8. The summed E-state index contributed by atoms with van der Waals surface area (Å²) in [5.74, 6) is -1.20. The maximum Gasteiger partial charge on any atom is 0.272 e. The van der Waals surface area contributed by atoms with Crippen molar-refractivity contribution in [3.63, 3.8) is 0 Å². The molecular weight excluding hydrogens is 703 g/mol. The SMILES string of the molecule is NCC(N)CNCCNC(=O)c1cc2cc(NC(=O)c3ccc4[nH]c(C(=O)Nc5ccc6[nH]c(C(=O)NCCNCC(N)CN)cc6c5)cc4c3)ccc2[nH]1. The van der Waals surface area contributed by atoms with E-state index in [1.54, 1.807) is 72.8 Å². The van der Waals surface area contributed by atoms with Crippen LogP contribution in [0.2, 0.25) is 0 Å².